The fraction of sp³-hybridized carbons (Fsp3) is 0.654. The quantitative estimate of drug-likeness (QED) is 0.199. The second-order valence-electron chi connectivity index (χ2n) is 8.98. The van der Waals surface area contributed by atoms with Crippen molar-refractivity contribution in [3.63, 3.8) is 0 Å². The first-order valence-corrected chi connectivity index (χ1v) is 14.2. The lowest BCUT2D eigenvalue weighted by Crippen LogP contribution is -2.44. The van der Waals surface area contributed by atoms with Gasteiger partial charge in [-0.15, -0.1) is 0 Å². The third-order valence-electron chi connectivity index (χ3n) is 6.37. The molecule has 0 radical (unpaired) electrons. The van der Waals surface area contributed by atoms with Gasteiger partial charge in [0.1, 0.15) is 0 Å². The fourth-order valence-corrected chi connectivity index (χ4v) is 6.10. The number of aryl methyl sites for hydroxylation is 1. The highest BCUT2D eigenvalue weighted by Crippen LogP contribution is 2.51. The van der Waals surface area contributed by atoms with Gasteiger partial charge in [0.05, 0.1) is 18.8 Å². The molecule has 2 atom stereocenters. The van der Waals surface area contributed by atoms with Gasteiger partial charge in [0.15, 0.2) is 0 Å². The van der Waals surface area contributed by atoms with Crippen molar-refractivity contribution in [1.82, 2.24) is 5.32 Å². The van der Waals surface area contributed by atoms with Crippen molar-refractivity contribution < 1.29 is 23.5 Å². The Morgan fingerprint density at radius 1 is 1.09 bits per heavy atom. The van der Waals surface area contributed by atoms with Crippen LogP contribution in [0.15, 0.2) is 36.2 Å². The standard InChI is InChI=1S/C26H42NO5P/c1-4-7-8-9-10-11-12-22-13-15-23(16-14-22)24-17-18-26(21-24,27-25(28)29)19-20-33(30,31-5-2)32-6-3/h13-16,19-20,24,27H,4-12,17-18,21H2,1-3H3,(H,28,29)/b20-19+/t24-,26-/m0/s1. The summed E-state index contributed by atoms with van der Waals surface area (Å²) in [5.74, 6) is 1.67. The third-order valence-corrected chi connectivity index (χ3v) is 8.12. The molecule has 7 heteroatoms. The summed E-state index contributed by atoms with van der Waals surface area (Å²) in [7, 11) is -3.39. The summed E-state index contributed by atoms with van der Waals surface area (Å²) in [6.45, 7) is 6.27. The van der Waals surface area contributed by atoms with Crippen molar-refractivity contribution >= 4 is 13.7 Å². The van der Waals surface area contributed by atoms with Crippen molar-refractivity contribution in [3.05, 3.63) is 47.3 Å². The van der Waals surface area contributed by atoms with Gasteiger partial charge in [0, 0.05) is 5.82 Å². The molecule has 0 unspecified atom stereocenters. The van der Waals surface area contributed by atoms with E-state index < -0.39 is 19.2 Å². The highest BCUT2D eigenvalue weighted by Gasteiger charge is 2.40. The number of amides is 1. The maximum atomic E-state index is 12.8. The zero-order valence-electron chi connectivity index (χ0n) is 20.6. The van der Waals surface area contributed by atoms with Crippen LogP contribution in [0.1, 0.15) is 95.6 Å². The van der Waals surface area contributed by atoms with Crippen molar-refractivity contribution in [2.45, 2.75) is 96.4 Å². The molecule has 0 spiro atoms. The molecule has 1 aromatic rings. The number of nitrogens with one attached hydrogen (secondary N) is 1. The van der Waals surface area contributed by atoms with Gasteiger partial charge in [0.2, 0.25) is 0 Å². The SMILES string of the molecule is CCCCCCCCc1ccc([C@H]2CC[C@@](/C=C/P(=O)(OCC)OCC)(NC(=O)O)C2)cc1. The first-order valence-electron chi connectivity index (χ1n) is 12.5. The normalized spacial score (nSPS) is 21.0. The lowest BCUT2D eigenvalue weighted by atomic mass is 9.91. The molecule has 1 saturated carbocycles. The van der Waals surface area contributed by atoms with E-state index in [1.54, 1.807) is 19.9 Å². The maximum absolute atomic E-state index is 12.8. The summed E-state index contributed by atoms with van der Waals surface area (Å²) in [6, 6.07) is 8.78. The van der Waals surface area contributed by atoms with Gasteiger partial charge in [0.25, 0.3) is 0 Å². The Bertz CT molecular complexity index is 784. The summed E-state index contributed by atoms with van der Waals surface area (Å²) < 4.78 is 23.5. The molecule has 0 bridgehead atoms. The molecule has 6 nitrogen and oxygen atoms in total. The highest BCUT2D eigenvalue weighted by molar-refractivity contribution is 7.57. The number of carboxylic acid groups (broad SMARTS) is 1. The predicted molar refractivity (Wildman–Crippen MR) is 134 cm³/mol. The molecular formula is C26H42NO5P. The summed E-state index contributed by atoms with van der Waals surface area (Å²) in [5, 5.41) is 12.1. The number of hydrogen-bond donors (Lipinski definition) is 2. The van der Waals surface area contributed by atoms with Gasteiger partial charge >= 0.3 is 13.7 Å². The monoisotopic (exact) mass is 479 g/mol. The van der Waals surface area contributed by atoms with Crippen LogP contribution in [-0.2, 0) is 20.0 Å². The molecule has 186 valence electrons. The summed E-state index contributed by atoms with van der Waals surface area (Å²) in [5.41, 5.74) is 1.80. The van der Waals surface area contributed by atoms with E-state index in [1.165, 1.54) is 55.5 Å². The Morgan fingerprint density at radius 2 is 1.73 bits per heavy atom. The van der Waals surface area contributed by atoms with Crippen LogP contribution >= 0.6 is 7.60 Å². The minimum absolute atomic E-state index is 0.239. The molecule has 0 saturated heterocycles. The van der Waals surface area contributed by atoms with Gasteiger partial charge in [-0.25, -0.2) is 4.79 Å². The second-order valence-corrected chi connectivity index (χ2v) is 10.9. The molecule has 1 amide bonds. The number of carbonyl (C=O) groups is 1. The van der Waals surface area contributed by atoms with E-state index in [9.17, 15) is 14.5 Å². The molecule has 2 N–H and O–H groups in total. The Labute approximate surface area is 199 Å². The average molecular weight is 480 g/mol. The Balaban J connectivity index is 2.01. The summed E-state index contributed by atoms with van der Waals surface area (Å²) in [6.07, 6.45) is 11.6. The lowest BCUT2D eigenvalue weighted by Gasteiger charge is -2.26. The molecular weight excluding hydrogens is 437 g/mol. The minimum Gasteiger partial charge on any atom is -0.465 e. The number of hydrogen-bond acceptors (Lipinski definition) is 4. The molecule has 1 aromatic carbocycles. The Hall–Kier alpha value is -1.62. The smallest absolute Gasteiger partial charge is 0.405 e. The van der Waals surface area contributed by atoms with Crippen LogP contribution in [0.2, 0.25) is 0 Å². The van der Waals surface area contributed by atoms with Gasteiger partial charge in [-0.2, -0.15) is 0 Å². The van der Waals surface area contributed by atoms with Crippen LogP contribution < -0.4 is 5.32 Å². The minimum atomic E-state index is -3.39. The first kappa shape index (κ1) is 27.6. The van der Waals surface area contributed by atoms with Crippen LogP contribution in [-0.4, -0.2) is 30.0 Å². The van der Waals surface area contributed by atoms with E-state index in [0.717, 1.165) is 12.8 Å². The number of rotatable bonds is 15. The Kier molecular flexibility index (Phi) is 11.7. The van der Waals surface area contributed by atoms with Gasteiger partial charge in [-0.3, -0.25) is 4.57 Å². The second kappa shape index (κ2) is 13.9. The Morgan fingerprint density at radius 3 is 2.33 bits per heavy atom. The van der Waals surface area contributed by atoms with Crippen LogP contribution in [0.25, 0.3) is 0 Å². The fourth-order valence-electron chi connectivity index (χ4n) is 4.66. The van der Waals surface area contributed by atoms with E-state index in [0.29, 0.717) is 12.8 Å². The lowest BCUT2D eigenvalue weighted by molar-refractivity contribution is 0.183. The van der Waals surface area contributed by atoms with E-state index >= 15 is 0 Å². The van der Waals surface area contributed by atoms with E-state index in [1.807, 2.05) is 0 Å². The van der Waals surface area contributed by atoms with Crippen LogP contribution in [0, 0.1) is 0 Å². The van der Waals surface area contributed by atoms with E-state index in [4.69, 9.17) is 9.05 Å². The average Bonchev–Trinajstić information content (AvgIpc) is 3.19. The molecule has 1 aliphatic rings. The van der Waals surface area contributed by atoms with Gasteiger partial charge in [-0.05, 0) is 63.0 Å². The first-order chi connectivity index (χ1) is 15.9. The molecule has 0 heterocycles. The highest BCUT2D eigenvalue weighted by atomic mass is 31.2. The van der Waals surface area contributed by atoms with E-state index in [2.05, 4.69) is 36.5 Å². The zero-order valence-corrected chi connectivity index (χ0v) is 21.4. The number of unbranched alkanes of at least 4 members (excludes halogenated alkanes) is 5. The molecule has 1 aliphatic carbocycles. The van der Waals surface area contributed by atoms with Crippen LogP contribution in [0.4, 0.5) is 4.79 Å². The van der Waals surface area contributed by atoms with Crippen molar-refractivity contribution in [2.24, 2.45) is 0 Å². The van der Waals surface area contributed by atoms with Gasteiger partial charge < -0.3 is 19.5 Å². The topological polar surface area (TPSA) is 84.9 Å². The van der Waals surface area contributed by atoms with Crippen molar-refractivity contribution in [1.29, 1.82) is 0 Å². The van der Waals surface area contributed by atoms with Crippen molar-refractivity contribution in [2.75, 3.05) is 13.2 Å². The molecule has 1 fully saturated rings. The molecule has 0 aliphatic heterocycles. The predicted octanol–water partition coefficient (Wildman–Crippen LogP) is 7.64. The maximum Gasteiger partial charge on any atom is 0.405 e. The molecule has 2 rings (SSSR count). The summed E-state index contributed by atoms with van der Waals surface area (Å²) >= 11 is 0. The van der Waals surface area contributed by atoms with Crippen molar-refractivity contribution in [3.8, 4) is 0 Å². The zero-order chi connectivity index (χ0) is 24.2. The van der Waals surface area contributed by atoms with Crippen LogP contribution in [0.5, 0.6) is 0 Å². The van der Waals surface area contributed by atoms with E-state index in [-0.39, 0.29) is 19.1 Å². The molecule has 0 aromatic heterocycles. The largest absolute Gasteiger partial charge is 0.465 e. The summed E-state index contributed by atoms with van der Waals surface area (Å²) in [4.78, 5) is 11.5. The van der Waals surface area contributed by atoms with Gasteiger partial charge in [-0.1, -0.05) is 69.4 Å². The third kappa shape index (κ3) is 9.27. The number of benzene rings is 1. The molecule has 33 heavy (non-hydrogen) atoms. The van der Waals surface area contributed by atoms with Crippen LogP contribution in [0.3, 0.4) is 0 Å².